The fraction of sp³-hybridized carbons (Fsp3) is 0.567. The van der Waals surface area contributed by atoms with Gasteiger partial charge in [-0.05, 0) is 31.4 Å². The standard InChI is InChI=1S/C30H39BrN6O5/c1-5-13-34(14-6-2)27(39)23-24-28(40)37(19(8-4)17-38)26(30(24)16-20(31)25(23)42-30)29(41)35(15-7-3)18-36-22-12-10-9-11-21(22)32-33-36/h5,7,9-12,19-20,23-26,38H,1,3,6,8,13-18H2,2,4H3/t19-,20?,23-,24-,25-,26?,30?/m0/s1. The first-order chi connectivity index (χ1) is 20.3. The number of nitrogens with zero attached hydrogens (tertiary/aromatic N) is 6. The molecule has 42 heavy (non-hydrogen) atoms. The Bertz CT molecular complexity index is 1360. The number of aliphatic hydroxyl groups excluding tert-OH is 1. The summed E-state index contributed by atoms with van der Waals surface area (Å²) in [5, 5.41) is 18.8. The molecule has 226 valence electrons. The molecule has 7 atom stereocenters. The van der Waals surface area contributed by atoms with Gasteiger partial charge in [-0.2, -0.15) is 0 Å². The Hall–Kier alpha value is -3.09. The molecule has 3 fully saturated rings. The molecule has 1 aromatic carbocycles. The SMILES string of the molecule is C=CCN(Cn1nnc2ccccc21)C(=O)C1N([C@@H](CC)CO)C(=O)[C@@H]2[C@H](C(=O)N(CC=C)CCC)[C@H]3OC12CC3Br. The molecule has 12 heteroatoms. The maximum Gasteiger partial charge on any atom is 0.250 e. The van der Waals surface area contributed by atoms with Crippen LogP contribution < -0.4 is 0 Å². The fourth-order valence-corrected chi connectivity index (χ4v) is 8.04. The number of benzene rings is 1. The zero-order valence-electron chi connectivity index (χ0n) is 24.1. The van der Waals surface area contributed by atoms with Crippen molar-refractivity contribution in [2.75, 3.05) is 26.2 Å². The van der Waals surface area contributed by atoms with E-state index in [9.17, 15) is 19.5 Å². The lowest BCUT2D eigenvalue weighted by Gasteiger charge is -2.39. The van der Waals surface area contributed by atoms with Crippen LogP contribution in [0.5, 0.6) is 0 Å². The molecule has 2 aromatic rings. The highest BCUT2D eigenvalue weighted by molar-refractivity contribution is 9.09. The number of hydrogen-bond acceptors (Lipinski definition) is 7. The summed E-state index contributed by atoms with van der Waals surface area (Å²) >= 11 is 3.74. The monoisotopic (exact) mass is 642 g/mol. The number of aliphatic hydroxyl groups is 1. The van der Waals surface area contributed by atoms with E-state index in [1.807, 2.05) is 38.1 Å². The molecule has 3 aliphatic rings. The van der Waals surface area contributed by atoms with E-state index in [1.165, 1.54) is 4.90 Å². The van der Waals surface area contributed by atoms with Crippen molar-refractivity contribution in [3.05, 3.63) is 49.6 Å². The van der Waals surface area contributed by atoms with E-state index in [4.69, 9.17) is 4.74 Å². The van der Waals surface area contributed by atoms with Gasteiger partial charge in [-0.1, -0.05) is 59.3 Å². The average Bonchev–Trinajstić information content (AvgIpc) is 3.70. The Morgan fingerprint density at radius 3 is 2.60 bits per heavy atom. The van der Waals surface area contributed by atoms with E-state index in [0.29, 0.717) is 31.4 Å². The van der Waals surface area contributed by atoms with Crippen molar-refractivity contribution in [3.63, 3.8) is 0 Å². The number of carbonyl (C=O) groups excluding carboxylic acids is 3. The Balaban J connectivity index is 1.57. The van der Waals surface area contributed by atoms with E-state index in [-0.39, 0.29) is 42.4 Å². The highest BCUT2D eigenvalue weighted by atomic mass is 79.9. The first kappa shape index (κ1) is 30.4. The van der Waals surface area contributed by atoms with E-state index < -0.39 is 35.6 Å². The van der Waals surface area contributed by atoms with Crippen molar-refractivity contribution in [1.29, 1.82) is 0 Å². The zero-order valence-corrected chi connectivity index (χ0v) is 25.7. The molecule has 5 rings (SSSR count). The van der Waals surface area contributed by atoms with E-state index in [2.05, 4.69) is 39.4 Å². The van der Waals surface area contributed by atoms with Crippen LogP contribution in [0.25, 0.3) is 11.0 Å². The zero-order chi connectivity index (χ0) is 30.2. The predicted octanol–water partition coefficient (Wildman–Crippen LogP) is 2.35. The first-order valence-corrected chi connectivity index (χ1v) is 15.5. The average molecular weight is 644 g/mol. The second kappa shape index (κ2) is 12.3. The number of likely N-dealkylation sites (tertiary alicyclic amines) is 1. The van der Waals surface area contributed by atoms with Crippen LogP contribution in [-0.4, -0.2) is 107 Å². The van der Waals surface area contributed by atoms with Crippen molar-refractivity contribution in [1.82, 2.24) is 29.7 Å². The molecular weight excluding hydrogens is 604 g/mol. The largest absolute Gasteiger partial charge is 0.394 e. The fourth-order valence-electron chi connectivity index (χ4n) is 7.09. The van der Waals surface area contributed by atoms with E-state index >= 15 is 0 Å². The van der Waals surface area contributed by atoms with Gasteiger partial charge in [0.15, 0.2) is 0 Å². The third-order valence-corrected chi connectivity index (χ3v) is 9.71. The van der Waals surface area contributed by atoms with Gasteiger partial charge in [0.25, 0.3) is 0 Å². The molecule has 11 nitrogen and oxygen atoms in total. The second-order valence-electron chi connectivity index (χ2n) is 11.3. The number of hydrogen-bond donors (Lipinski definition) is 1. The van der Waals surface area contributed by atoms with Gasteiger partial charge in [0.1, 0.15) is 23.8 Å². The van der Waals surface area contributed by atoms with Crippen LogP contribution in [0.1, 0.15) is 33.1 Å². The second-order valence-corrected chi connectivity index (χ2v) is 12.5. The minimum Gasteiger partial charge on any atom is -0.394 e. The van der Waals surface area contributed by atoms with Crippen LogP contribution in [-0.2, 0) is 25.8 Å². The summed E-state index contributed by atoms with van der Waals surface area (Å²) in [6, 6.07) is 5.82. The number of para-hydroxylation sites is 1. The van der Waals surface area contributed by atoms with Crippen molar-refractivity contribution < 1.29 is 24.2 Å². The van der Waals surface area contributed by atoms with E-state index in [0.717, 1.165) is 11.9 Å². The third kappa shape index (κ3) is 4.77. The van der Waals surface area contributed by atoms with Gasteiger partial charge in [0.05, 0.1) is 36.1 Å². The Kier molecular flexibility index (Phi) is 8.86. The van der Waals surface area contributed by atoms with Crippen molar-refractivity contribution in [3.8, 4) is 0 Å². The number of halogens is 1. The molecule has 1 N–H and O–H groups in total. The van der Waals surface area contributed by atoms with Gasteiger partial charge >= 0.3 is 0 Å². The summed E-state index contributed by atoms with van der Waals surface area (Å²) in [4.78, 5) is 47.7. The smallest absolute Gasteiger partial charge is 0.250 e. The Morgan fingerprint density at radius 1 is 1.21 bits per heavy atom. The molecule has 3 unspecified atom stereocenters. The van der Waals surface area contributed by atoms with Gasteiger partial charge in [-0.25, -0.2) is 4.68 Å². The van der Waals surface area contributed by atoms with Gasteiger partial charge < -0.3 is 24.5 Å². The van der Waals surface area contributed by atoms with Crippen LogP contribution in [0.4, 0.5) is 0 Å². The highest BCUT2D eigenvalue weighted by Crippen LogP contribution is 2.61. The number of amides is 3. The molecule has 3 aliphatic heterocycles. The number of rotatable bonds is 13. The number of fused-ring (bicyclic) bond motifs is 2. The molecule has 3 amide bonds. The minimum atomic E-state index is -1.23. The molecule has 2 bridgehead atoms. The number of alkyl halides is 1. The van der Waals surface area contributed by atoms with Crippen LogP contribution in [0.2, 0.25) is 0 Å². The predicted molar refractivity (Wildman–Crippen MR) is 160 cm³/mol. The van der Waals surface area contributed by atoms with Crippen LogP contribution in [0.3, 0.4) is 0 Å². The maximum atomic E-state index is 14.7. The lowest BCUT2D eigenvalue weighted by molar-refractivity contribution is -0.153. The van der Waals surface area contributed by atoms with Crippen molar-refractivity contribution in [2.45, 2.75) is 68.4 Å². The molecule has 3 saturated heterocycles. The number of ether oxygens (including phenoxy) is 1. The third-order valence-electron chi connectivity index (χ3n) is 8.86. The summed E-state index contributed by atoms with van der Waals surface area (Å²) in [6.45, 7) is 12.4. The Morgan fingerprint density at radius 2 is 1.93 bits per heavy atom. The van der Waals surface area contributed by atoms with E-state index in [1.54, 1.807) is 26.6 Å². The van der Waals surface area contributed by atoms with Crippen LogP contribution in [0.15, 0.2) is 49.6 Å². The first-order valence-electron chi connectivity index (χ1n) is 14.6. The van der Waals surface area contributed by atoms with Gasteiger partial charge in [-0.3, -0.25) is 14.4 Å². The maximum absolute atomic E-state index is 14.7. The summed E-state index contributed by atoms with van der Waals surface area (Å²) < 4.78 is 8.31. The molecule has 0 saturated carbocycles. The molecule has 0 aliphatic carbocycles. The summed E-state index contributed by atoms with van der Waals surface area (Å²) in [5.41, 5.74) is 0.230. The molecule has 4 heterocycles. The van der Waals surface area contributed by atoms with Gasteiger partial charge in [-0.15, -0.1) is 18.3 Å². The quantitative estimate of drug-likeness (QED) is 0.263. The Labute approximate surface area is 254 Å². The highest BCUT2D eigenvalue weighted by Gasteiger charge is 2.77. The molecule has 0 radical (unpaired) electrons. The summed E-state index contributed by atoms with van der Waals surface area (Å²) in [5.74, 6) is -2.45. The van der Waals surface area contributed by atoms with Gasteiger partial charge in [0.2, 0.25) is 17.7 Å². The number of aromatic nitrogens is 3. The number of carbonyl (C=O) groups is 3. The lowest BCUT2D eigenvalue weighted by atomic mass is 9.70. The molecule has 1 spiro atoms. The van der Waals surface area contributed by atoms with Crippen molar-refractivity contribution >= 4 is 44.7 Å². The van der Waals surface area contributed by atoms with Gasteiger partial charge in [0, 0.05) is 24.5 Å². The van der Waals surface area contributed by atoms with Crippen LogP contribution >= 0.6 is 15.9 Å². The van der Waals surface area contributed by atoms with Crippen LogP contribution in [0, 0.1) is 11.8 Å². The lowest BCUT2D eigenvalue weighted by Crippen LogP contribution is -2.59. The summed E-state index contributed by atoms with van der Waals surface area (Å²) in [7, 11) is 0. The topological polar surface area (TPSA) is 121 Å². The minimum absolute atomic E-state index is 0.0771. The van der Waals surface area contributed by atoms with Crippen molar-refractivity contribution in [2.24, 2.45) is 11.8 Å². The normalized spacial score (nSPS) is 28.6. The molecule has 1 aromatic heterocycles. The molecular formula is C30H39BrN6O5. The summed E-state index contributed by atoms with van der Waals surface area (Å²) in [6.07, 6.45) is 4.31.